The van der Waals surface area contributed by atoms with Crippen molar-refractivity contribution in [1.82, 2.24) is 15.5 Å². The van der Waals surface area contributed by atoms with E-state index in [9.17, 15) is 4.39 Å². The molecule has 1 aromatic carbocycles. The molecule has 0 heterocycles. The minimum atomic E-state index is -0.211. The lowest BCUT2D eigenvalue weighted by atomic mass is 10.2. The van der Waals surface area contributed by atoms with Gasteiger partial charge in [-0.05, 0) is 44.5 Å². The summed E-state index contributed by atoms with van der Waals surface area (Å²) in [7, 11) is 3.92. The van der Waals surface area contributed by atoms with Crippen molar-refractivity contribution in [2.45, 2.75) is 38.4 Å². The van der Waals surface area contributed by atoms with E-state index >= 15 is 0 Å². The normalized spacial score (nSPS) is 16.9. The average molecular weight is 292 g/mol. The summed E-state index contributed by atoms with van der Waals surface area (Å²) in [6.07, 6.45) is 2.63. The average Bonchev–Trinajstić information content (AvgIpc) is 3.31. The lowest BCUT2D eigenvalue weighted by Crippen LogP contribution is -2.45. The Labute approximate surface area is 126 Å². The van der Waals surface area contributed by atoms with E-state index in [0.29, 0.717) is 12.6 Å². The third-order valence-corrected chi connectivity index (χ3v) is 3.96. The summed E-state index contributed by atoms with van der Waals surface area (Å²) in [6, 6.07) is 7.81. The maximum atomic E-state index is 13.1. The number of nitrogens with one attached hydrogen (secondary N) is 2. The van der Waals surface area contributed by atoms with Gasteiger partial charge in [-0.3, -0.25) is 9.89 Å². The molecule has 1 saturated carbocycles. The van der Waals surface area contributed by atoms with E-state index in [-0.39, 0.29) is 5.82 Å². The lowest BCUT2D eigenvalue weighted by molar-refractivity contribution is 0.247. The van der Waals surface area contributed by atoms with E-state index in [4.69, 9.17) is 0 Å². The molecule has 1 unspecified atom stereocenters. The van der Waals surface area contributed by atoms with Crippen LogP contribution >= 0.6 is 0 Å². The SMILES string of the molecule is CN=C(NCc1cccc(F)c1)NCC(C)N(C)C1CC1. The number of aliphatic imine (C=N–C) groups is 1. The van der Waals surface area contributed by atoms with Crippen molar-refractivity contribution in [1.29, 1.82) is 0 Å². The molecule has 2 N–H and O–H groups in total. The van der Waals surface area contributed by atoms with Gasteiger partial charge >= 0.3 is 0 Å². The van der Waals surface area contributed by atoms with E-state index in [1.165, 1.54) is 25.0 Å². The van der Waals surface area contributed by atoms with Crippen molar-refractivity contribution >= 4 is 5.96 Å². The molecule has 0 spiro atoms. The number of benzene rings is 1. The first-order valence-corrected chi connectivity index (χ1v) is 7.51. The first-order chi connectivity index (χ1) is 10.1. The number of halogens is 1. The molecule has 0 saturated heterocycles. The first-order valence-electron chi connectivity index (χ1n) is 7.51. The Morgan fingerprint density at radius 1 is 1.43 bits per heavy atom. The summed E-state index contributed by atoms with van der Waals surface area (Å²) in [6.45, 7) is 3.62. The fraction of sp³-hybridized carbons (Fsp3) is 0.562. The fourth-order valence-corrected chi connectivity index (χ4v) is 2.28. The largest absolute Gasteiger partial charge is 0.355 e. The monoisotopic (exact) mass is 292 g/mol. The van der Waals surface area contributed by atoms with Gasteiger partial charge in [-0.2, -0.15) is 0 Å². The summed E-state index contributed by atoms with van der Waals surface area (Å²) in [4.78, 5) is 6.61. The Hall–Kier alpha value is -1.62. The van der Waals surface area contributed by atoms with Crippen LogP contribution in [-0.2, 0) is 6.54 Å². The van der Waals surface area contributed by atoms with Crippen molar-refractivity contribution in [3.05, 3.63) is 35.6 Å². The highest BCUT2D eigenvalue weighted by Gasteiger charge is 2.28. The number of rotatable bonds is 6. The molecule has 1 aliphatic rings. The highest BCUT2D eigenvalue weighted by atomic mass is 19.1. The Morgan fingerprint density at radius 2 is 2.19 bits per heavy atom. The number of nitrogens with zero attached hydrogens (tertiary/aromatic N) is 2. The second-order valence-corrected chi connectivity index (χ2v) is 5.68. The highest BCUT2D eigenvalue weighted by Crippen LogP contribution is 2.26. The van der Waals surface area contributed by atoms with Crippen LogP contribution in [0.3, 0.4) is 0 Å². The predicted octanol–water partition coefficient (Wildman–Crippen LogP) is 1.97. The molecule has 1 fully saturated rings. The summed E-state index contributed by atoms with van der Waals surface area (Å²) < 4.78 is 13.1. The molecule has 1 aliphatic carbocycles. The minimum absolute atomic E-state index is 0.211. The lowest BCUT2D eigenvalue weighted by Gasteiger charge is -2.25. The maximum Gasteiger partial charge on any atom is 0.191 e. The van der Waals surface area contributed by atoms with Gasteiger partial charge in [0.2, 0.25) is 0 Å². The third kappa shape index (κ3) is 5.01. The molecule has 5 heteroatoms. The molecule has 0 bridgehead atoms. The van der Waals surface area contributed by atoms with Crippen molar-refractivity contribution in [3.8, 4) is 0 Å². The fourth-order valence-electron chi connectivity index (χ4n) is 2.28. The highest BCUT2D eigenvalue weighted by molar-refractivity contribution is 5.79. The molecule has 1 atom stereocenters. The number of hydrogen-bond acceptors (Lipinski definition) is 2. The van der Waals surface area contributed by atoms with Crippen LogP contribution in [0.1, 0.15) is 25.3 Å². The number of likely N-dealkylation sites (N-methyl/N-ethyl adjacent to an activating group) is 1. The third-order valence-electron chi connectivity index (χ3n) is 3.96. The number of guanidine groups is 1. The van der Waals surface area contributed by atoms with Crippen molar-refractivity contribution in [2.75, 3.05) is 20.6 Å². The van der Waals surface area contributed by atoms with Gasteiger partial charge in [0.15, 0.2) is 5.96 Å². The van der Waals surface area contributed by atoms with Crippen molar-refractivity contribution in [3.63, 3.8) is 0 Å². The van der Waals surface area contributed by atoms with Gasteiger partial charge < -0.3 is 10.6 Å². The summed E-state index contributed by atoms with van der Waals surface area (Å²) in [5.74, 6) is 0.534. The molecule has 0 amide bonds. The summed E-state index contributed by atoms with van der Waals surface area (Å²) in [5.41, 5.74) is 0.904. The van der Waals surface area contributed by atoms with E-state index in [1.54, 1.807) is 13.1 Å². The van der Waals surface area contributed by atoms with Crippen LogP contribution < -0.4 is 10.6 Å². The van der Waals surface area contributed by atoms with Crippen LogP contribution in [-0.4, -0.2) is 43.6 Å². The Morgan fingerprint density at radius 3 is 2.81 bits per heavy atom. The molecule has 4 nitrogen and oxygen atoms in total. The molecule has 116 valence electrons. The molecule has 0 radical (unpaired) electrons. The van der Waals surface area contributed by atoms with Crippen molar-refractivity contribution < 1.29 is 4.39 Å². The molecular formula is C16H25FN4. The zero-order valence-electron chi connectivity index (χ0n) is 13.1. The summed E-state index contributed by atoms with van der Waals surface area (Å²) >= 11 is 0. The van der Waals surface area contributed by atoms with E-state index in [0.717, 1.165) is 24.1 Å². The quantitative estimate of drug-likeness (QED) is 0.622. The van der Waals surface area contributed by atoms with Crippen LogP contribution in [0, 0.1) is 5.82 Å². The standard InChI is InChI=1S/C16H25FN4/c1-12(21(3)15-7-8-15)10-19-16(18-2)20-11-13-5-4-6-14(17)9-13/h4-6,9,12,15H,7-8,10-11H2,1-3H3,(H2,18,19,20). The molecule has 1 aromatic rings. The van der Waals surface area contributed by atoms with Crippen LogP contribution in [0.2, 0.25) is 0 Å². The van der Waals surface area contributed by atoms with E-state index < -0.39 is 0 Å². The summed E-state index contributed by atoms with van der Waals surface area (Å²) in [5, 5.41) is 6.53. The molecular weight excluding hydrogens is 267 g/mol. The van der Waals surface area contributed by atoms with Gasteiger partial charge in [0, 0.05) is 32.2 Å². The zero-order chi connectivity index (χ0) is 15.2. The Balaban J connectivity index is 1.75. The van der Waals surface area contributed by atoms with Gasteiger partial charge in [-0.1, -0.05) is 12.1 Å². The van der Waals surface area contributed by atoms with Crippen LogP contribution in [0.25, 0.3) is 0 Å². The van der Waals surface area contributed by atoms with Crippen LogP contribution in [0.4, 0.5) is 4.39 Å². The molecule has 0 aromatic heterocycles. The Bertz CT molecular complexity index is 485. The first kappa shape index (κ1) is 15.8. The smallest absolute Gasteiger partial charge is 0.191 e. The topological polar surface area (TPSA) is 39.7 Å². The van der Waals surface area contributed by atoms with Crippen LogP contribution in [0.15, 0.2) is 29.3 Å². The van der Waals surface area contributed by atoms with E-state index in [1.807, 2.05) is 6.07 Å². The van der Waals surface area contributed by atoms with Gasteiger partial charge in [0.05, 0.1) is 0 Å². The second kappa shape index (κ2) is 7.41. The predicted molar refractivity (Wildman–Crippen MR) is 84.8 cm³/mol. The molecule has 0 aliphatic heterocycles. The van der Waals surface area contributed by atoms with Crippen LogP contribution in [0.5, 0.6) is 0 Å². The second-order valence-electron chi connectivity index (χ2n) is 5.68. The molecule has 21 heavy (non-hydrogen) atoms. The van der Waals surface area contributed by atoms with E-state index in [2.05, 4.69) is 34.5 Å². The van der Waals surface area contributed by atoms with Crippen molar-refractivity contribution in [2.24, 2.45) is 4.99 Å². The van der Waals surface area contributed by atoms with Gasteiger partial charge in [-0.15, -0.1) is 0 Å². The maximum absolute atomic E-state index is 13.1. The minimum Gasteiger partial charge on any atom is -0.355 e. The van der Waals surface area contributed by atoms with Gasteiger partial charge in [-0.25, -0.2) is 4.39 Å². The van der Waals surface area contributed by atoms with Gasteiger partial charge in [0.25, 0.3) is 0 Å². The Kier molecular flexibility index (Phi) is 5.56. The zero-order valence-corrected chi connectivity index (χ0v) is 13.1. The van der Waals surface area contributed by atoms with Gasteiger partial charge in [0.1, 0.15) is 5.82 Å². The molecule has 2 rings (SSSR count). The number of hydrogen-bond donors (Lipinski definition) is 2.